The van der Waals surface area contributed by atoms with E-state index in [-0.39, 0.29) is 6.10 Å². The predicted molar refractivity (Wildman–Crippen MR) is 98.0 cm³/mol. The van der Waals surface area contributed by atoms with E-state index in [4.69, 9.17) is 17.0 Å². The summed E-state index contributed by atoms with van der Waals surface area (Å²) in [5.41, 5.74) is 0.920. The smallest absolute Gasteiger partial charge is 0.170 e. The van der Waals surface area contributed by atoms with Crippen molar-refractivity contribution in [2.45, 2.75) is 38.7 Å². The molecule has 2 saturated heterocycles. The molecule has 3 rings (SSSR count). The first-order valence-electron chi connectivity index (χ1n) is 8.58. The van der Waals surface area contributed by atoms with Crippen LogP contribution in [0.25, 0.3) is 0 Å². The molecule has 2 aliphatic rings. The number of hydrogen-bond donors (Lipinski definition) is 2. The molecule has 0 aromatic carbocycles. The van der Waals surface area contributed by atoms with E-state index in [9.17, 15) is 0 Å². The highest BCUT2D eigenvalue weighted by Crippen LogP contribution is 2.22. The summed E-state index contributed by atoms with van der Waals surface area (Å²) in [5.74, 6) is 1.89. The van der Waals surface area contributed by atoms with Gasteiger partial charge in [-0.1, -0.05) is 6.92 Å². The van der Waals surface area contributed by atoms with Crippen LogP contribution >= 0.6 is 12.2 Å². The fourth-order valence-corrected chi connectivity index (χ4v) is 3.27. The van der Waals surface area contributed by atoms with Crippen LogP contribution in [0.5, 0.6) is 0 Å². The molecule has 6 heteroatoms. The zero-order valence-electron chi connectivity index (χ0n) is 13.8. The molecular formula is C17H26N4OS. The van der Waals surface area contributed by atoms with Gasteiger partial charge in [0.25, 0.3) is 0 Å². The van der Waals surface area contributed by atoms with Gasteiger partial charge >= 0.3 is 0 Å². The predicted octanol–water partition coefficient (Wildman–Crippen LogP) is 2.78. The number of thiocarbonyl (C=S) groups is 1. The maximum absolute atomic E-state index is 5.58. The minimum Gasteiger partial charge on any atom is -0.376 e. The lowest BCUT2D eigenvalue weighted by molar-refractivity contribution is 0.114. The Morgan fingerprint density at radius 1 is 1.35 bits per heavy atom. The van der Waals surface area contributed by atoms with Gasteiger partial charge in [-0.15, -0.1) is 0 Å². The number of nitrogens with zero attached hydrogens (tertiary/aromatic N) is 2. The maximum Gasteiger partial charge on any atom is 0.170 e. The average molecular weight is 334 g/mol. The lowest BCUT2D eigenvalue weighted by Gasteiger charge is -2.31. The second-order valence-corrected chi connectivity index (χ2v) is 6.95. The Hall–Kier alpha value is -1.40. The molecule has 0 aliphatic carbocycles. The van der Waals surface area contributed by atoms with Crippen LogP contribution in [0.1, 0.15) is 32.6 Å². The highest BCUT2D eigenvalue weighted by Gasteiger charge is 2.17. The molecule has 1 atom stereocenters. The number of nitrogens with one attached hydrogen (secondary N) is 2. The Labute approximate surface area is 143 Å². The lowest BCUT2D eigenvalue weighted by atomic mass is 9.99. The molecule has 0 radical (unpaired) electrons. The molecule has 23 heavy (non-hydrogen) atoms. The van der Waals surface area contributed by atoms with Gasteiger partial charge in [-0.2, -0.15) is 0 Å². The molecule has 0 saturated carbocycles. The standard InChI is InChI=1S/C17H26N4OS/c1-13-6-8-21(9-7-13)16-5-4-14(11-18-16)20-17(23)19-12-15-3-2-10-22-15/h4-5,11,13,15H,2-3,6-10,12H2,1H3,(H2,19,20,23). The van der Waals surface area contributed by atoms with Crippen LogP contribution in [0.4, 0.5) is 11.5 Å². The van der Waals surface area contributed by atoms with E-state index >= 15 is 0 Å². The Balaban J connectivity index is 1.46. The molecule has 1 aromatic heterocycles. The van der Waals surface area contributed by atoms with Gasteiger partial charge in [0, 0.05) is 26.2 Å². The fourth-order valence-electron chi connectivity index (χ4n) is 3.07. The van der Waals surface area contributed by atoms with Gasteiger partial charge in [-0.25, -0.2) is 4.98 Å². The summed E-state index contributed by atoms with van der Waals surface area (Å²) in [4.78, 5) is 6.93. The van der Waals surface area contributed by atoms with Crippen molar-refractivity contribution in [3.63, 3.8) is 0 Å². The van der Waals surface area contributed by atoms with Crippen LogP contribution in [0.2, 0.25) is 0 Å². The summed E-state index contributed by atoms with van der Waals surface area (Å²) in [6.07, 6.45) is 6.90. The Kier molecular flexibility index (Phi) is 5.67. The summed E-state index contributed by atoms with van der Waals surface area (Å²) in [6, 6.07) is 4.11. The minimum atomic E-state index is 0.289. The zero-order valence-corrected chi connectivity index (χ0v) is 14.6. The van der Waals surface area contributed by atoms with Crippen molar-refractivity contribution in [1.29, 1.82) is 0 Å². The van der Waals surface area contributed by atoms with Crippen LogP contribution in [0.3, 0.4) is 0 Å². The average Bonchev–Trinajstić information content (AvgIpc) is 3.08. The monoisotopic (exact) mass is 334 g/mol. The number of rotatable bonds is 4. The third-order valence-electron chi connectivity index (χ3n) is 4.63. The first-order chi connectivity index (χ1) is 11.2. The quantitative estimate of drug-likeness (QED) is 0.826. The largest absolute Gasteiger partial charge is 0.376 e. The van der Waals surface area contributed by atoms with Gasteiger partial charge in [0.05, 0.1) is 18.0 Å². The molecule has 2 aliphatic heterocycles. The summed E-state index contributed by atoms with van der Waals surface area (Å²) in [5, 5.41) is 7.03. The van der Waals surface area contributed by atoms with Crippen molar-refractivity contribution in [3.8, 4) is 0 Å². The summed E-state index contributed by atoms with van der Waals surface area (Å²) >= 11 is 5.33. The Morgan fingerprint density at radius 3 is 2.83 bits per heavy atom. The lowest BCUT2D eigenvalue weighted by Crippen LogP contribution is -2.35. The van der Waals surface area contributed by atoms with Gasteiger partial charge in [0.2, 0.25) is 0 Å². The topological polar surface area (TPSA) is 49.4 Å². The molecule has 0 bridgehead atoms. The molecule has 0 amide bonds. The SMILES string of the molecule is CC1CCN(c2ccc(NC(=S)NCC3CCCO3)cn2)CC1. The highest BCUT2D eigenvalue weighted by atomic mass is 32.1. The van der Waals surface area contributed by atoms with Gasteiger partial charge < -0.3 is 20.3 Å². The molecule has 126 valence electrons. The van der Waals surface area contributed by atoms with E-state index in [0.717, 1.165) is 56.5 Å². The number of aromatic nitrogens is 1. The molecule has 2 N–H and O–H groups in total. The molecule has 1 unspecified atom stereocenters. The molecule has 2 fully saturated rings. The second-order valence-electron chi connectivity index (χ2n) is 6.54. The third-order valence-corrected chi connectivity index (χ3v) is 4.87. The van der Waals surface area contributed by atoms with E-state index in [1.54, 1.807) is 0 Å². The van der Waals surface area contributed by atoms with Crippen LogP contribution < -0.4 is 15.5 Å². The van der Waals surface area contributed by atoms with Crippen molar-refractivity contribution in [1.82, 2.24) is 10.3 Å². The number of anilines is 2. The van der Waals surface area contributed by atoms with Crippen LogP contribution in [0.15, 0.2) is 18.3 Å². The first kappa shape index (κ1) is 16.5. The molecule has 0 spiro atoms. The zero-order chi connectivity index (χ0) is 16.1. The van der Waals surface area contributed by atoms with Crippen molar-refractivity contribution in [2.24, 2.45) is 5.92 Å². The van der Waals surface area contributed by atoms with Crippen LogP contribution in [0, 0.1) is 5.92 Å². The third kappa shape index (κ3) is 4.78. The van der Waals surface area contributed by atoms with Gasteiger partial charge in [0.15, 0.2) is 5.11 Å². The van der Waals surface area contributed by atoms with E-state index < -0.39 is 0 Å². The fraction of sp³-hybridized carbons (Fsp3) is 0.647. The first-order valence-corrected chi connectivity index (χ1v) is 8.99. The number of hydrogen-bond acceptors (Lipinski definition) is 4. The van der Waals surface area contributed by atoms with E-state index in [2.05, 4.69) is 33.5 Å². The van der Waals surface area contributed by atoms with E-state index in [1.807, 2.05) is 12.3 Å². The normalized spacial score (nSPS) is 22.1. The number of pyridine rings is 1. The molecular weight excluding hydrogens is 308 g/mol. The Bertz CT molecular complexity index is 508. The van der Waals surface area contributed by atoms with Crippen molar-refractivity contribution in [2.75, 3.05) is 36.5 Å². The van der Waals surface area contributed by atoms with E-state index in [1.165, 1.54) is 12.8 Å². The van der Waals surface area contributed by atoms with Crippen LogP contribution in [-0.2, 0) is 4.74 Å². The van der Waals surface area contributed by atoms with Gasteiger partial charge in [-0.3, -0.25) is 0 Å². The van der Waals surface area contributed by atoms with Gasteiger partial charge in [-0.05, 0) is 56.0 Å². The van der Waals surface area contributed by atoms with Crippen molar-refractivity contribution >= 4 is 28.8 Å². The Morgan fingerprint density at radius 2 is 2.17 bits per heavy atom. The number of ether oxygens (including phenoxy) is 1. The maximum atomic E-state index is 5.58. The van der Waals surface area contributed by atoms with Crippen LogP contribution in [-0.4, -0.2) is 42.4 Å². The summed E-state index contributed by atoms with van der Waals surface area (Å²) < 4.78 is 5.58. The van der Waals surface area contributed by atoms with Gasteiger partial charge in [0.1, 0.15) is 5.82 Å². The molecule has 1 aromatic rings. The second kappa shape index (κ2) is 7.93. The summed E-state index contributed by atoms with van der Waals surface area (Å²) in [7, 11) is 0. The van der Waals surface area contributed by atoms with Crippen molar-refractivity contribution in [3.05, 3.63) is 18.3 Å². The number of piperidine rings is 1. The molecule has 5 nitrogen and oxygen atoms in total. The van der Waals surface area contributed by atoms with E-state index in [0.29, 0.717) is 5.11 Å². The van der Waals surface area contributed by atoms with Crippen molar-refractivity contribution < 1.29 is 4.74 Å². The summed E-state index contributed by atoms with van der Waals surface area (Å²) in [6.45, 7) is 6.16. The minimum absolute atomic E-state index is 0.289. The highest BCUT2D eigenvalue weighted by molar-refractivity contribution is 7.80. The molecule has 3 heterocycles.